The molecule has 3 rings (SSSR count). The molecule has 0 atom stereocenters. The summed E-state index contributed by atoms with van der Waals surface area (Å²) in [7, 11) is -1.50. The van der Waals surface area contributed by atoms with E-state index in [1.807, 2.05) is 6.07 Å². The minimum Gasteiger partial charge on any atom is -0.493 e. The van der Waals surface area contributed by atoms with Gasteiger partial charge in [-0.1, -0.05) is 0 Å². The third kappa shape index (κ3) is 6.96. The number of anilines is 1. The van der Waals surface area contributed by atoms with E-state index >= 15 is 0 Å². The molecule has 0 aliphatic carbocycles. The molecule has 0 unspecified atom stereocenters. The highest BCUT2D eigenvalue weighted by molar-refractivity contribution is 7.92. The van der Waals surface area contributed by atoms with E-state index in [-0.39, 0.29) is 22.9 Å². The Labute approximate surface area is 213 Å². The van der Waals surface area contributed by atoms with Gasteiger partial charge < -0.3 is 14.2 Å². The summed E-state index contributed by atoms with van der Waals surface area (Å²) in [6.45, 7) is -0.721. The molecule has 1 N–H and O–H groups in total. The van der Waals surface area contributed by atoms with Crippen molar-refractivity contribution in [1.82, 2.24) is 5.43 Å². The zero-order valence-electron chi connectivity index (χ0n) is 19.9. The first-order valence-electron chi connectivity index (χ1n) is 10.7. The molecule has 3 aromatic rings. The van der Waals surface area contributed by atoms with Gasteiger partial charge in [0.1, 0.15) is 24.2 Å². The third-order valence-corrected chi connectivity index (χ3v) is 6.70. The lowest BCUT2D eigenvalue weighted by Crippen LogP contribution is -2.39. The van der Waals surface area contributed by atoms with Crippen molar-refractivity contribution in [3.05, 3.63) is 78.1 Å². The van der Waals surface area contributed by atoms with Gasteiger partial charge in [0.2, 0.25) is 0 Å². The molecule has 0 fully saturated rings. The molecule has 0 aromatic heterocycles. The number of nitrogens with zero attached hydrogens (tertiary/aromatic N) is 3. The van der Waals surface area contributed by atoms with Crippen molar-refractivity contribution in [3.8, 4) is 23.3 Å². The number of carbonyl (C=O) groups excluding carboxylic acids is 1. The first-order valence-corrected chi connectivity index (χ1v) is 12.1. The van der Waals surface area contributed by atoms with Gasteiger partial charge in [-0.3, -0.25) is 9.10 Å². The number of hydrogen-bond acceptors (Lipinski definition) is 8. The predicted octanol–water partition coefficient (Wildman–Crippen LogP) is 3.09. The topological polar surface area (TPSA) is 130 Å². The zero-order chi connectivity index (χ0) is 26.8. The van der Waals surface area contributed by atoms with Crippen molar-refractivity contribution < 1.29 is 31.8 Å². The minimum atomic E-state index is -4.28. The Morgan fingerprint density at radius 1 is 1.05 bits per heavy atom. The van der Waals surface area contributed by atoms with Crippen LogP contribution in [-0.2, 0) is 14.8 Å². The summed E-state index contributed by atoms with van der Waals surface area (Å²) in [6.07, 6.45) is 1.36. The standard InChI is InChI=1S/C25H23FN4O6S/c1-34-23-12-11-22(15-24(23)35-2)37(32,33)30(20-7-5-19(26)6-8-20)17-25(31)29-28-16-18-3-9-21(10-4-18)36-14-13-27/h3-12,15-16H,14,17H2,1-2H3,(H,29,31)/b28-16-. The van der Waals surface area contributed by atoms with Crippen molar-refractivity contribution in [1.29, 1.82) is 5.26 Å². The van der Waals surface area contributed by atoms with Gasteiger partial charge in [-0.25, -0.2) is 18.2 Å². The van der Waals surface area contributed by atoms with E-state index < -0.39 is 28.3 Å². The maximum absolute atomic E-state index is 13.5. The summed E-state index contributed by atoms with van der Waals surface area (Å²) in [4.78, 5) is 12.5. The summed E-state index contributed by atoms with van der Waals surface area (Å²) in [5.41, 5.74) is 2.98. The molecular formula is C25H23FN4O6S. The maximum atomic E-state index is 13.5. The van der Waals surface area contributed by atoms with Crippen LogP contribution in [0.1, 0.15) is 5.56 Å². The first kappa shape index (κ1) is 27.0. The number of nitriles is 1. The van der Waals surface area contributed by atoms with Crippen LogP contribution in [-0.4, -0.2) is 47.9 Å². The van der Waals surface area contributed by atoms with Crippen LogP contribution < -0.4 is 23.9 Å². The second kappa shape index (κ2) is 12.4. The van der Waals surface area contributed by atoms with Crippen LogP contribution in [0.4, 0.5) is 10.1 Å². The number of ether oxygens (including phenoxy) is 3. The zero-order valence-corrected chi connectivity index (χ0v) is 20.7. The fraction of sp³-hybridized carbons (Fsp3) is 0.160. The van der Waals surface area contributed by atoms with Crippen LogP contribution in [0.25, 0.3) is 0 Å². The largest absolute Gasteiger partial charge is 0.493 e. The number of halogens is 1. The molecule has 0 bridgehead atoms. The molecule has 192 valence electrons. The summed E-state index contributed by atoms with van der Waals surface area (Å²) >= 11 is 0. The third-order valence-electron chi connectivity index (χ3n) is 4.93. The van der Waals surface area contributed by atoms with Gasteiger partial charge in [0.25, 0.3) is 15.9 Å². The van der Waals surface area contributed by atoms with E-state index in [1.165, 1.54) is 50.8 Å². The van der Waals surface area contributed by atoms with Crippen molar-refractivity contribution >= 4 is 27.8 Å². The SMILES string of the molecule is COc1ccc(S(=O)(=O)N(CC(=O)N/N=C\c2ccc(OCC#N)cc2)c2ccc(F)cc2)cc1OC. The lowest BCUT2D eigenvalue weighted by molar-refractivity contribution is -0.119. The molecule has 1 amide bonds. The predicted molar refractivity (Wildman–Crippen MR) is 134 cm³/mol. The van der Waals surface area contributed by atoms with Crippen LogP contribution >= 0.6 is 0 Å². The van der Waals surface area contributed by atoms with Crippen LogP contribution in [0, 0.1) is 17.1 Å². The van der Waals surface area contributed by atoms with Gasteiger partial charge in [-0.05, 0) is 66.2 Å². The second-order valence-electron chi connectivity index (χ2n) is 7.31. The Hall–Kier alpha value is -4.63. The summed E-state index contributed by atoms with van der Waals surface area (Å²) in [6, 6.07) is 17.1. The van der Waals surface area contributed by atoms with Crippen LogP contribution in [0.2, 0.25) is 0 Å². The molecule has 0 spiro atoms. The molecule has 0 saturated carbocycles. The molecular weight excluding hydrogens is 503 g/mol. The number of amides is 1. The molecule has 0 radical (unpaired) electrons. The Bertz CT molecular complexity index is 1400. The van der Waals surface area contributed by atoms with Crippen molar-refractivity contribution in [2.75, 3.05) is 31.7 Å². The fourth-order valence-corrected chi connectivity index (χ4v) is 4.57. The number of sulfonamides is 1. The van der Waals surface area contributed by atoms with Crippen LogP contribution in [0.5, 0.6) is 17.2 Å². The monoisotopic (exact) mass is 526 g/mol. The Morgan fingerprint density at radius 3 is 2.35 bits per heavy atom. The molecule has 0 saturated heterocycles. The first-order chi connectivity index (χ1) is 17.8. The summed E-state index contributed by atoms with van der Waals surface area (Å²) in [5.74, 6) is -0.297. The number of nitrogens with one attached hydrogen (secondary N) is 1. The molecule has 0 aliphatic rings. The number of hydrogen-bond donors (Lipinski definition) is 1. The van der Waals surface area contributed by atoms with E-state index in [2.05, 4.69) is 10.5 Å². The van der Waals surface area contributed by atoms with Gasteiger partial charge in [0.15, 0.2) is 18.1 Å². The van der Waals surface area contributed by atoms with E-state index in [0.717, 1.165) is 16.4 Å². The van der Waals surface area contributed by atoms with Crippen LogP contribution in [0.3, 0.4) is 0 Å². The van der Waals surface area contributed by atoms with Gasteiger partial charge in [-0.2, -0.15) is 10.4 Å². The minimum absolute atomic E-state index is 0.0725. The average molecular weight is 527 g/mol. The van der Waals surface area contributed by atoms with Gasteiger partial charge >= 0.3 is 0 Å². The molecule has 10 nitrogen and oxygen atoms in total. The smallest absolute Gasteiger partial charge is 0.264 e. The number of rotatable bonds is 11. The number of benzene rings is 3. The van der Waals surface area contributed by atoms with E-state index in [0.29, 0.717) is 17.1 Å². The molecule has 37 heavy (non-hydrogen) atoms. The van der Waals surface area contributed by atoms with Gasteiger partial charge in [0, 0.05) is 6.07 Å². The fourth-order valence-electron chi connectivity index (χ4n) is 3.14. The van der Waals surface area contributed by atoms with Crippen molar-refractivity contribution in [2.24, 2.45) is 5.10 Å². The maximum Gasteiger partial charge on any atom is 0.264 e. The molecule has 0 aliphatic heterocycles. The highest BCUT2D eigenvalue weighted by Crippen LogP contribution is 2.32. The van der Waals surface area contributed by atoms with Gasteiger partial charge in [0.05, 0.1) is 31.0 Å². The normalized spacial score (nSPS) is 11.0. The Morgan fingerprint density at radius 2 is 1.73 bits per heavy atom. The highest BCUT2D eigenvalue weighted by Gasteiger charge is 2.28. The van der Waals surface area contributed by atoms with E-state index in [4.69, 9.17) is 19.5 Å². The van der Waals surface area contributed by atoms with E-state index in [1.54, 1.807) is 24.3 Å². The van der Waals surface area contributed by atoms with Crippen molar-refractivity contribution in [3.63, 3.8) is 0 Å². The van der Waals surface area contributed by atoms with Crippen molar-refractivity contribution in [2.45, 2.75) is 4.90 Å². The molecule has 0 heterocycles. The number of hydrazone groups is 1. The lowest BCUT2D eigenvalue weighted by Gasteiger charge is -2.24. The average Bonchev–Trinajstić information content (AvgIpc) is 2.91. The quantitative estimate of drug-likeness (QED) is 0.300. The highest BCUT2D eigenvalue weighted by atomic mass is 32.2. The number of methoxy groups -OCH3 is 2. The number of carbonyl (C=O) groups is 1. The molecule has 3 aromatic carbocycles. The van der Waals surface area contributed by atoms with Crippen LogP contribution in [0.15, 0.2) is 76.7 Å². The summed E-state index contributed by atoms with van der Waals surface area (Å²) < 4.78 is 56.9. The van der Waals surface area contributed by atoms with E-state index in [9.17, 15) is 17.6 Å². The Balaban J connectivity index is 1.81. The Kier molecular flexibility index (Phi) is 9.01. The second-order valence-corrected chi connectivity index (χ2v) is 9.18. The van der Waals surface area contributed by atoms with Gasteiger partial charge in [-0.15, -0.1) is 0 Å². The molecule has 12 heteroatoms. The lowest BCUT2D eigenvalue weighted by atomic mass is 10.2. The summed E-state index contributed by atoms with van der Waals surface area (Å²) in [5, 5.41) is 12.4.